The molecule has 19 heavy (non-hydrogen) atoms. The van der Waals surface area contributed by atoms with Crippen LogP contribution in [0.4, 0.5) is 0 Å². The van der Waals surface area contributed by atoms with Crippen molar-refractivity contribution < 1.29 is 8.42 Å². The molecule has 0 aliphatic carbocycles. The highest BCUT2D eigenvalue weighted by Gasteiger charge is 2.22. The Labute approximate surface area is 124 Å². The third-order valence-electron chi connectivity index (χ3n) is 3.36. The number of nitrogens with two attached hydrogens (primary N) is 1. The first kappa shape index (κ1) is 16.6. The van der Waals surface area contributed by atoms with E-state index in [0.717, 1.165) is 12.0 Å². The maximum Gasteiger partial charge on any atom is 0.241 e. The number of halogens is 1. The molecule has 0 fully saturated rings. The number of sulfonamides is 1. The minimum atomic E-state index is -3.53. The molecule has 108 valence electrons. The average molecular weight is 349 g/mol. The molecule has 0 amide bonds. The second-order valence-electron chi connectivity index (χ2n) is 4.76. The van der Waals surface area contributed by atoms with Gasteiger partial charge in [-0.15, -0.1) is 0 Å². The summed E-state index contributed by atoms with van der Waals surface area (Å²) in [5.74, 6) is 0.284. The van der Waals surface area contributed by atoms with Crippen molar-refractivity contribution in [1.29, 1.82) is 0 Å². The van der Waals surface area contributed by atoms with E-state index in [9.17, 15) is 8.42 Å². The second-order valence-corrected chi connectivity index (χ2v) is 7.30. The predicted molar refractivity (Wildman–Crippen MR) is 81.3 cm³/mol. The molecule has 0 saturated heterocycles. The highest BCUT2D eigenvalue weighted by molar-refractivity contribution is 9.10. The number of rotatable bonds is 6. The van der Waals surface area contributed by atoms with Gasteiger partial charge in [-0.25, -0.2) is 13.1 Å². The Kier molecular flexibility index (Phi) is 5.98. The van der Waals surface area contributed by atoms with Crippen molar-refractivity contribution >= 4 is 26.0 Å². The molecule has 0 aromatic heterocycles. The van der Waals surface area contributed by atoms with Gasteiger partial charge in [-0.3, -0.25) is 0 Å². The van der Waals surface area contributed by atoms with Crippen LogP contribution in [-0.4, -0.2) is 14.5 Å². The second kappa shape index (κ2) is 6.83. The maximum atomic E-state index is 12.4. The van der Waals surface area contributed by atoms with Crippen LogP contribution in [-0.2, 0) is 16.6 Å². The van der Waals surface area contributed by atoms with Crippen LogP contribution in [0.5, 0.6) is 0 Å². The van der Waals surface area contributed by atoms with Gasteiger partial charge in [0.15, 0.2) is 0 Å². The summed E-state index contributed by atoms with van der Waals surface area (Å²) < 4.78 is 28.0. The van der Waals surface area contributed by atoms with Crippen molar-refractivity contribution in [2.45, 2.75) is 44.7 Å². The SMILES string of the molecule is CCC(C)C(C)NS(=O)(=O)c1cc(CN)ccc1Br. The van der Waals surface area contributed by atoms with Crippen LogP contribution in [0, 0.1) is 5.92 Å². The van der Waals surface area contributed by atoms with E-state index in [2.05, 4.69) is 20.7 Å². The van der Waals surface area contributed by atoms with E-state index < -0.39 is 10.0 Å². The summed E-state index contributed by atoms with van der Waals surface area (Å²) >= 11 is 3.28. The van der Waals surface area contributed by atoms with Gasteiger partial charge in [0, 0.05) is 17.1 Å². The molecule has 1 aromatic carbocycles. The van der Waals surface area contributed by atoms with E-state index in [1.54, 1.807) is 18.2 Å². The Morgan fingerprint density at radius 1 is 1.37 bits per heavy atom. The van der Waals surface area contributed by atoms with Crippen molar-refractivity contribution in [2.75, 3.05) is 0 Å². The number of nitrogens with one attached hydrogen (secondary N) is 1. The summed E-state index contributed by atoms with van der Waals surface area (Å²) in [4.78, 5) is 0.241. The Bertz CT molecular complexity index is 531. The topological polar surface area (TPSA) is 72.2 Å². The molecule has 0 bridgehead atoms. The molecule has 0 radical (unpaired) electrons. The van der Waals surface area contributed by atoms with Crippen LogP contribution in [0.1, 0.15) is 32.8 Å². The fraction of sp³-hybridized carbons (Fsp3) is 0.538. The molecule has 0 aliphatic heterocycles. The van der Waals surface area contributed by atoms with Gasteiger partial charge in [-0.2, -0.15) is 0 Å². The van der Waals surface area contributed by atoms with E-state index in [1.807, 2.05) is 20.8 Å². The summed E-state index contributed by atoms with van der Waals surface area (Å²) in [5.41, 5.74) is 6.34. The first-order valence-electron chi connectivity index (χ1n) is 6.32. The molecule has 0 saturated carbocycles. The molecule has 2 unspecified atom stereocenters. The summed E-state index contributed by atoms with van der Waals surface area (Å²) in [6.07, 6.45) is 0.924. The predicted octanol–water partition coefficient (Wildman–Crippen LogP) is 2.62. The molecule has 1 rings (SSSR count). The molecule has 4 nitrogen and oxygen atoms in total. The minimum Gasteiger partial charge on any atom is -0.326 e. The van der Waals surface area contributed by atoms with Crippen LogP contribution in [0.25, 0.3) is 0 Å². The van der Waals surface area contributed by atoms with Crippen molar-refractivity contribution in [3.63, 3.8) is 0 Å². The number of hydrogen-bond acceptors (Lipinski definition) is 3. The Morgan fingerprint density at radius 3 is 2.53 bits per heavy atom. The molecule has 0 aliphatic rings. The van der Waals surface area contributed by atoms with Gasteiger partial charge < -0.3 is 5.73 Å². The first-order valence-corrected chi connectivity index (χ1v) is 8.60. The molecule has 0 heterocycles. The van der Waals surface area contributed by atoms with Crippen molar-refractivity contribution in [1.82, 2.24) is 4.72 Å². The fourth-order valence-corrected chi connectivity index (χ4v) is 4.02. The Balaban J connectivity index is 3.06. The van der Waals surface area contributed by atoms with Crippen LogP contribution in [0.15, 0.2) is 27.6 Å². The lowest BCUT2D eigenvalue weighted by Crippen LogP contribution is -2.37. The Hall–Kier alpha value is -0.430. The van der Waals surface area contributed by atoms with Crippen LogP contribution in [0.3, 0.4) is 0 Å². The fourth-order valence-electron chi connectivity index (χ4n) is 1.66. The van der Waals surface area contributed by atoms with Crippen molar-refractivity contribution in [3.05, 3.63) is 28.2 Å². The molecule has 6 heteroatoms. The smallest absolute Gasteiger partial charge is 0.241 e. The summed E-state index contributed by atoms with van der Waals surface area (Å²) in [6, 6.07) is 5.02. The van der Waals surface area contributed by atoms with E-state index in [1.165, 1.54) is 0 Å². The zero-order valence-corrected chi connectivity index (χ0v) is 13.9. The highest BCUT2D eigenvalue weighted by atomic mass is 79.9. The summed E-state index contributed by atoms with van der Waals surface area (Å²) in [6.45, 7) is 6.27. The zero-order chi connectivity index (χ0) is 14.6. The molecule has 2 atom stereocenters. The summed E-state index contributed by atoms with van der Waals surface area (Å²) in [7, 11) is -3.53. The van der Waals surface area contributed by atoms with Gasteiger partial charge in [0.2, 0.25) is 10.0 Å². The zero-order valence-electron chi connectivity index (χ0n) is 11.5. The van der Waals surface area contributed by atoms with Gasteiger partial charge >= 0.3 is 0 Å². The lowest BCUT2D eigenvalue weighted by atomic mass is 10.0. The van der Waals surface area contributed by atoms with Gasteiger partial charge in [0.1, 0.15) is 0 Å². The normalized spacial score (nSPS) is 15.2. The van der Waals surface area contributed by atoms with E-state index in [0.29, 0.717) is 11.0 Å². The van der Waals surface area contributed by atoms with Crippen LogP contribution >= 0.6 is 15.9 Å². The van der Waals surface area contributed by atoms with Crippen molar-refractivity contribution in [2.24, 2.45) is 11.7 Å². The van der Waals surface area contributed by atoms with Gasteiger partial charge in [0.25, 0.3) is 0 Å². The standard InChI is InChI=1S/C13H21BrN2O2S/c1-4-9(2)10(3)16-19(17,18)13-7-11(8-15)5-6-12(13)14/h5-7,9-10,16H,4,8,15H2,1-3H3. The van der Waals surface area contributed by atoms with Gasteiger partial charge in [-0.05, 0) is 46.5 Å². The summed E-state index contributed by atoms with van der Waals surface area (Å²) in [5, 5.41) is 0. The quantitative estimate of drug-likeness (QED) is 0.829. The lowest BCUT2D eigenvalue weighted by molar-refractivity contribution is 0.434. The number of hydrogen-bond donors (Lipinski definition) is 2. The molecular formula is C13H21BrN2O2S. The first-order chi connectivity index (χ1) is 8.81. The van der Waals surface area contributed by atoms with E-state index >= 15 is 0 Å². The highest BCUT2D eigenvalue weighted by Crippen LogP contribution is 2.24. The average Bonchev–Trinajstić information content (AvgIpc) is 2.37. The molecule has 3 N–H and O–H groups in total. The third kappa shape index (κ3) is 4.27. The van der Waals surface area contributed by atoms with Gasteiger partial charge in [0.05, 0.1) is 4.90 Å². The number of benzene rings is 1. The minimum absolute atomic E-state index is 0.108. The maximum absolute atomic E-state index is 12.4. The Morgan fingerprint density at radius 2 is 2.00 bits per heavy atom. The van der Waals surface area contributed by atoms with Crippen molar-refractivity contribution in [3.8, 4) is 0 Å². The van der Waals surface area contributed by atoms with Crippen LogP contribution in [0.2, 0.25) is 0 Å². The van der Waals surface area contributed by atoms with E-state index in [4.69, 9.17) is 5.73 Å². The largest absolute Gasteiger partial charge is 0.326 e. The third-order valence-corrected chi connectivity index (χ3v) is 5.91. The van der Waals surface area contributed by atoms with Gasteiger partial charge in [-0.1, -0.05) is 26.3 Å². The van der Waals surface area contributed by atoms with E-state index in [-0.39, 0.29) is 16.9 Å². The monoisotopic (exact) mass is 348 g/mol. The molecular weight excluding hydrogens is 328 g/mol. The van der Waals surface area contributed by atoms with Crippen LogP contribution < -0.4 is 10.5 Å². The molecule has 0 spiro atoms. The lowest BCUT2D eigenvalue weighted by Gasteiger charge is -2.20. The molecule has 1 aromatic rings.